The summed E-state index contributed by atoms with van der Waals surface area (Å²) < 4.78 is 0. The van der Waals surface area contributed by atoms with Crippen LogP contribution in [0, 0.1) is 5.92 Å². The number of hydrogen-bond acceptors (Lipinski definition) is 3. The molecule has 6 nitrogen and oxygen atoms in total. The number of carbonyl (C=O) groups is 3. The molecule has 0 unspecified atom stereocenters. The number of nitrogens with zero attached hydrogens (tertiary/aromatic N) is 1. The van der Waals surface area contributed by atoms with E-state index in [1.807, 2.05) is 12.1 Å². The van der Waals surface area contributed by atoms with Gasteiger partial charge in [-0.2, -0.15) is 0 Å². The van der Waals surface area contributed by atoms with Crippen molar-refractivity contribution in [3.8, 4) is 0 Å². The third kappa shape index (κ3) is 5.05. The normalized spacial score (nSPS) is 15.7. The van der Waals surface area contributed by atoms with Gasteiger partial charge in [0.15, 0.2) is 0 Å². The number of benzene rings is 1. The van der Waals surface area contributed by atoms with Gasteiger partial charge in [-0.25, -0.2) is 0 Å². The van der Waals surface area contributed by atoms with Crippen molar-refractivity contribution in [2.45, 2.75) is 39.0 Å². The van der Waals surface area contributed by atoms with Gasteiger partial charge in [0.05, 0.1) is 12.5 Å². The fourth-order valence-electron chi connectivity index (χ4n) is 2.87. The number of amides is 2. The zero-order valence-electron chi connectivity index (χ0n) is 15.0. The maximum atomic E-state index is 12.2. The van der Waals surface area contributed by atoms with Gasteiger partial charge in [-0.15, -0.1) is 0 Å². The van der Waals surface area contributed by atoms with E-state index in [2.05, 4.69) is 26.1 Å². The van der Waals surface area contributed by atoms with Gasteiger partial charge in [0.25, 0.3) is 5.91 Å². The molecule has 2 N–H and O–H groups in total. The van der Waals surface area contributed by atoms with Crippen LogP contribution in [0.1, 0.15) is 49.5 Å². The van der Waals surface area contributed by atoms with Gasteiger partial charge in [0.1, 0.15) is 0 Å². The zero-order valence-corrected chi connectivity index (χ0v) is 15.0. The maximum Gasteiger partial charge on any atom is 0.306 e. The highest BCUT2D eigenvalue weighted by molar-refractivity contribution is 5.96. The zero-order chi connectivity index (χ0) is 18.6. The Hall–Kier alpha value is -2.37. The lowest BCUT2D eigenvalue weighted by molar-refractivity contribution is -0.145. The van der Waals surface area contributed by atoms with Gasteiger partial charge in [0.2, 0.25) is 5.91 Å². The molecule has 0 aromatic heterocycles. The van der Waals surface area contributed by atoms with Crippen LogP contribution in [-0.4, -0.2) is 47.4 Å². The van der Waals surface area contributed by atoms with Gasteiger partial charge in [-0.1, -0.05) is 32.9 Å². The van der Waals surface area contributed by atoms with Crippen molar-refractivity contribution < 1.29 is 19.5 Å². The molecule has 136 valence electrons. The predicted octanol–water partition coefficient (Wildman–Crippen LogP) is 2.04. The molecular formula is C19H26N2O4. The summed E-state index contributed by atoms with van der Waals surface area (Å²) in [5.74, 6) is -1.64. The number of likely N-dealkylation sites (tertiary alicyclic amines) is 1. The molecule has 0 bridgehead atoms. The molecular weight excluding hydrogens is 320 g/mol. The Bertz CT molecular complexity index is 638. The summed E-state index contributed by atoms with van der Waals surface area (Å²) in [7, 11) is 0. The van der Waals surface area contributed by atoms with Crippen molar-refractivity contribution in [1.82, 2.24) is 10.2 Å². The first kappa shape index (κ1) is 19.0. The summed E-state index contributed by atoms with van der Waals surface area (Å²) in [6.45, 7) is 7.09. The van der Waals surface area contributed by atoms with Crippen LogP contribution in [-0.2, 0) is 15.0 Å². The molecule has 1 heterocycles. The fourth-order valence-corrected chi connectivity index (χ4v) is 2.87. The van der Waals surface area contributed by atoms with Gasteiger partial charge in [-0.3, -0.25) is 14.4 Å². The largest absolute Gasteiger partial charge is 0.481 e. The Kier molecular flexibility index (Phi) is 5.82. The smallest absolute Gasteiger partial charge is 0.306 e. The molecule has 0 aliphatic carbocycles. The van der Waals surface area contributed by atoms with Crippen LogP contribution in [0.4, 0.5) is 0 Å². The van der Waals surface area contributed by atoms with Crippen LogP contribution in [0.3, 0.4) is 0 Å². The summed E-state index contributed by atoms with van der Waals surface area (Å²) in [6.07, 6.45) is 0.923. The SMILES string of the molecule is CC(C)(C)c1ccc(C(=O)NCC(=O)N2CCC(C(=O)O)CC2)cc1. The molecule has 1 fully saturated rings. The first-order chi connectivity index (χ1) is 11.7. The number of carboxylic acids is 1. The van der Waals surface area contributed by atoms with Crippen molar-refractivity contribution in [3.05, 3.63) is 35.4 Å². The molecule has 0 spiro atoms. The molecule has 25 heavy (non-hydrogen) atoms. The second-order valence-corrected chi connectivity index (χ2v) is 7.50. The highest BCUT2D eigenvalue weighted by Crippen LogP contribution is 2.22. The van der Waals surface area contributed by atoms with E-state index in [-0.39, 0.29) is 29.7 Å². The summed E-state index contributed by atoms with van der Waals surface area (Å²) in [5.41, 5.74) is 1.68. The van der Waals surface area contributed by atoms with Crippen LogP contribution in [0.25, 0.3) is 0 Å². The van der Waals surface area contributed by atoms with Gasteiger partial charge < -0.3 is 15.3 Å². The van der Waals surface area contributed by atoms with Crippen LogP contribution >= 0.6 is 0 Å². The van der Waals surface area contributed by atoms with Gasteiger partial charge >= 0.3 is 5.97 Å². The lowest BCUT2D eigenvalue weighted by Gasteiger charge is -2.30. The van der Waals surface area contributed by atoms with Crippen molar-refractivity contribution in [3.63, 3.8) is 0 Å². The van der Waals surface area contributed by atoms with Crippen molar-refractivity contribution in [1.29, 1.82) is 0 Å². The van der Waals surface area contributed by atoms with Crippen LogP contribution in [0.15, 0.2) is 24.3 Å². The van der Waals surface area contributed by atoms with E-state index in [0.717, 1.165) is 5.56 Å². The molecule has 1 aliphatic heterocycles. The Morgan fingerprint density at radius 2 is 1.68 bits per heavy atom. The number of aliphatic carboxylic acids is 1. The minimum absolute atomic E-state index is 0.0209. The van der Waals surface area contributed by atoms with Crippen LogP contribution < -0.4 is 5.32 Å². The molecule has 1 aliphatic rings. The molecule has 2 amide bonds. The Balaban J connectivity index is 1.83. The highest BCUT2D eigenvalue weighted by Gasteiger charge is 2.27. The van der Waals surface area contributed by atoms with Crippen molar-refractivity contribution >= 4 is 17.8 Å². The second-order valence-electron chi connectivity index (χ2n) is 7.50. The minimum Gasteiger partial charge on any atom is -0.481 e. The number of hydrogen-bond donors (Lipinski definition) is 2. The van der Waals surface area contributed by atoms with E-state index in [9.17, 15) is 14.4 Å². The summed E-state index contributed by atoms with van der Waals surface area (Å²) in [6, 6.07) is 7.37. The quantitative estimate of drug-likeness (QED) is 0.873. The molecule has 6 heteroatoms. The summed E-state index contributed by atoms with van der Waals surface area (Å²) in [5, 5.41) is 11.6. The molecule has 0 radical (unpaired) electrons. The van der Waals surface area contributed by atoms with E-state index in [0.29, 0.717) is 31.5 Å². The van der Waals surface area contributed by atoms with E-state index in [1.165, 1.54) is 0 Å². The monoisotopic (exact) mass is 346 g/mol. The summed E-state index contributed by atoms with van der Waals surface area (Å²) in [4.78, 5) is 36.9. The molecule has 1 aromatic rings. The first-order valence-electron chi connectivity index (χ1n) is 8.58. The second kappa shape index (κ2) is 7.68. The number of piperidine rings is 1. The summed E-state index contributed by atoms with van der Waals surface area (Å²) >= 11 is 0. The standard InChI is InChI=1S/C19H26N2O4/c1-19(2,3)15-6-4-13(5-7-15)17(23)20-12-16(22)21-10-8-14(9-11-21)18(24)25/h4-7,14H,8-12H2,1-3H3,(H,20,23)(H,24,25). The Morgan fingerprint density at radius 1 is 1.12 bits per heavy atom. The predicted molar refractivity (Wildman–Crippen MR) is 94.4 cm³/mol. The van der Waals surface area contributed by atoms with E-state index >= 15 is 0 Å². The fraction of sp³-hybridized carbons (Fsp3) is 0.526. The molecule has 2 rings (SSSR count). The minimum atomic E-state index is -0.806. The third-order valence-corrected chi connectivity index (χ3v) is 4.61. The number of carbonyl (C=O) groups excluding carboxylic acids is 2. The Labute approximate surface area is 148 Å². The molecule has 0 saturated carbocycles. The number of nitrogens with one attached hydrogen (secondary N) is 1. The lowest BCUT2D eigenvalue weighted by Crippen LogP contribution is -2.45. The van der Waals surface area contributed by atoms with E-state index < -0.39 is 5.97 Å². The van der Waals surface area contributed by atoms with E-state index in [4.69, 9.17) is 5.11 Å². The van der Waals surface area contributed by atoms with Crippen molar-refractivity contribution in [2.75, 3.05) is 19.6 Å². The average Bonchev–Trinajstić information content (AvgIpc) is 2.58. The maximum absolute atomic E-state index is 12.2. The average molecular weight is 346 g/mol. The van der Waals surface area contributed by atoms with E-state index in [1.54, 1.807) is 17.0 Å². The third-order valence-electron chi connectivity index (χ3n) is 4.61. The van der Waals surface area contributed by atoms with Gasteiger partial charge in [0, 0.05) is 18.7 Å². The van der Waals surface area contributed by atoms with Crippen LogP contribution in [0.5, 0.6) is 0 Å². The highest BCUT2D eigenvalue weighted by atomic mass is 16.4. The number of rotatable bonds is 4. The Morgan fingerprint density at radius 3 is 2.16 bits per heavy atom. The van der Waals surface area contributed by atoms with Crippen LogP contribution in [0.2, 0.25) is 0 Å². The lowest BCUT2D eigenvalue weighted by atomic mass is 9.87. The van der Waals surface area contributed by atoms with Crippen molar-refractivity contribution in [2.24, 2.45) is 5.92 Å². The topological polar surface area (TPSA) is 86.7 Å². The number of carboxylic acid groups (broad SMARTS) is 1. The first-order valence-corrected chi connectivity index (χ1v) is 8.58. The molecule has 0 atom stereocenters. The van der Waals surface area contributed by atoms with Gasteiger partial charge in [-0.05, 0) is 36.0 Å². The molecule has 1 saturated heterocycles. The molecule has 1 aromatic carbocycles.